The summed E-state index contributed by atoms with van der Waals surface area (Å²) in [6, 6.07) is 8.38. The molecule has 0 radical (unpaired) electrons. The number of hydrogen-bond acceptors (Lipinski definition) is 7. The summed E-state index contributed by atoms with van der Waals surface area (Å²) in [5, 5.41) is 11.9. The quantitative estimate of drug-likeness (QED) is 0.344. The van der Waals surface area contributed by atoms with E-state index in [1.807, 2.05) is 18.2 Å². The highest BCUT2D eigenvalue weighted by Gasteiger charge is 2.23. The zero-order chi connectivity index (χ0) is 19.1. The van der Waals surface area contributed by atoms with Crippen LogP contribution in [0.5, 0.6) is 5.75 Å². The molecule has 8 nitrogen and oxygen atoms in total. The molecule has 0 saturated carbocycles. The van der Waals surface area contributed by atoms with Crippen molar-refractivity contribution in [3.8, 4) is 5.75 Å². The molecule has 2 aromatic rings. The Kier molecular flexibility index (Phi) is 10.4. The van der Waals surface area contributed by atoms with Crippen LogP contribution in [0.15, 0.2) is 42.7 Å². The number of nitrogens with zero attached hydrogens (tertiary/aromatic N) is 3. The summed E-state index contributed by atoms with van der Waals surface area (Å²) >= 11 is 0. The number of likely N-dealkylation sites (tertiary alicyclic amines) is 1. The van der Waals surface area contributed by atoms with Crippen molar-refractivity contribution in [2.75, 3.05) is 25.5 Å². The van der Waals surface area contributed by atoms with Gasteiger partial charge in [0.05, 0.1) is 25.2 Å². The molecule has 1 atom stereocenters. The standard InChI is InChI=1S/C19H23N5O3.2ClH/c1-27-17-5-3-2-4-14(17)12-24-9-8-16(13-24)22-18-11-20-15(10-21-18)6-7-19(25)23-26;;/h2-7,10-11,16,26H,8-9,12-13H2,1H3,(H,21,22)(H,23,25);2*1H/b7-6+;;/t16-;;/m1../s1. The van der Waals surface area contributed by atoms with Gasteiger partial charge in [0, 0.05) is 37.3 Å². The van der Waals surface area contributed by atoms with Crippen LogP contribution in [0.3, 0.4) is 0 Å². The smallest absolute Gasteiger partial charge is 0.267 e. The number of carbonyl (C=O) groups excluding carboxylic acids is 1. The van der Waals surface area contributed by atoms with Crippen molar-refractivity contribution in [3.63, 3.8) is 0 Å². The number of aromatic nitrogens is 2. The molecular formula is C19H25Cl2N5O3. The zero-order valence-electron chi connectivity index (χ0n) is 15.9. The Labute approximate surface area is 182 Å². The SMILES string of the molecule is COc1ccccc1CN1CC[C@@H](Nc2cnc(/C=C/C(=O)NO)cn2)C1.Cl.Cl. The van der Waals surface area contributed by atoms with Gasteiger partial charge >= 0.3 is 0 Å². The van der Waals surface area contributed by atoms with Gasteiger partial charge < -0.3 is 10.1 Å². The number of para-hydroxylation sites is 1. The van der Waals surface area contributed by atoms with E-state index >= 15 is 0 Å². The number of hydroxylamine groups is 1. The van der Waals surface area contributed by atoms with Gasteiger partial charge in [0.2, 0.25) is 0 Å². The van der Waals surface area contributed by atoms with Crippen LogP contribution in [0.2, 0.25) is 0 Å². The van der Waals surface area contributed by atoms with Gasteiger partial charge in [0.15, 0.2) is 0 Å². The maximum atomic E-state index is 11.0. The van der Waals surface area contributed by atoms with E-state index in [0.717, 1.165) is 31.8 Å². The molecule has 2 heterocycles. The largest absolute Gasteiger partial charge is 0.496 e. The Bertz CT molecular complexity index is 805. The third kappa shape index (κ3) is 7.17. The maximum absolute atomic E-state index is 11.0. The fraction of sp³-hybridized carbons (Fsp3) is 0.316. The van der Waals surface area contributed by atoms with Crippen LogP contribution < -0.4 is 15.5 Å². The van der Waals surface area contributed by atoms with Crippen molar-refractivity contribution < 1.29 is 14.7 Å². The van der Waals surface area contributed by atoms with Crippen LogP contribution in [-0.4, -0.2) is 52.2 Å². The molecule has 1 saturated heterocycles. The summed E-state index contributed by atoms with van der Waals surface area (Å²) in [7, 11) is 1.70. The number of ether oxygens (including phenoxy) is 1. The van der Waals surface area contributed by atoms with E-state index in [9.17, 15) is 4.79 Å². The molecule has 10 heteroatoms. The number of methoxy groups -OCH3 is 1. The molecular weight excluding hydrogens is 417 g/mol. The highest BCUT2D eigenvalue weighted by atomic mass is 35.5. The van der Waals surface area contributed by atoms with E-state index in [2.05, 4.69) is 26.3 Å². The minimum absolute atomic E-state index is 0. The first kappa shape index (κ1) is 24.6. The fourth-order valence-corrected chi connectivity index (χ4v) is 3.07. The number of carbonyl (C=O) groups is 1. The molecule has 1 aromatic heterocycles. The van der Waals surface area contributed by atoms with Crippen LogP contribution >= 0.6 is 24.8 Å². The predicted octanol–water partition coefficient (Wildman–Crippen LogP) is 2.53. The molecule has 158 valence electrons. The summed E-state index contributed by atoms with van der Waals surface area (Å²) in [4.78, 5) is 21.9. The van der Waals surface area contributed by atoms with Crippen LogP contribution in [0.25, 0.3) is 6.08 Å². The predicted molar refractivity (Wildman–Crippen MR) is 116 cm³/mol. The van der Waals surface area contributed by atoms with Crippen molar-refractivity contribution in [1.29, 1.82) is 0 Å². The molecule has 0 unspecified atom stereocenters. The molecule has 0 bridgehead atoms. The molecule has 3 rings (SSSR count). The average Bonchev–Trinajstić information content (AvgIpc) is 3.14. The molecule has 3 N–H and O–H groups in total. The van der Waals surface area contributed by atoms with Gasteiger partial charge in [0.1, 0.15) is 11.6 Å². The minimum atomic E-state index is -0.611. The number of hydrogen-bond donors (Lipinski definition) is 3. The Balaban J connectivity index is 0.00000210. The minimum Gasteiger partial charge on any atom is -0.496 e. The highest BCUT2D eigenvalue weighted by Crippen LogP contribution is 2.22. The topological polar surface area (TPSA) is 99.6 Å². The number of benzene rings is 1. The van der Waals surface area contributed by atoms with Crippen LogP contribution in [0.1, 0.15) is 17.7 Å². The number of anilines is 1. The summed E-state index contributed by atoms with van der Waals surface area (Å²) in [5.41, 5.74) is 3.24. The van der Waals surface area contributed by atoms with Gasteiger partial charge in [-0.3, -0.25) is 19.9 Å². The second-order valence-corrected chi connectivity index (χ2v) is 6.31. The Morgan fingerprint density at radius 2 is 2.10 bits per heavy atom. The average molecular weight is 442 g/mol. The number of rotatable bonds is 7. The van der Waals surface area contributed by atoms with E-state index in [-0.39, 0.29) is 24.8 Å². The molecule has 1 amide bonds. The summed E-state index contributed by atoms with van der Waals surface area (Å²) in [6.45, 7) is 2.77. The lowest BCUT2D eigenvalue weighted by molar-refractivity contribution is -0.124. The van der Waals surface area contributed by atoms with Crippen molar-refractivity contribution in [2.24, 2.45) is 0 Å². The Morgan fingerprint density at radius 3 is 2.79 bits per heavy atom. The van der Waals surface area contributed by atoms with Crippen LogP contribution in [0, 0.1) is 0 Å². The normalized spacial score (nSPS) is 16.0. The molecule has 0 aliphatic carbocycles. The second kappa shape index (κ2) is 12.2. The molecule has 1 fully saturated rings. The van der Waals surface area contributed by atoms with Gasteiger partial charge in [-0.25, -0.2) is 10.5 Å². The molecule has 1 aliphatic rings. The summed E-state index contributed by atoms with van der Waals surface area (Å²) < 4.78 is 5.43. The third-order valence-electron chi connectivity index (χ3n) is 4.40. The monoisotopic (exact) mass is 441 g/mol. The molecule has 0 spiro atoms. The van der Waals surface area contributed by atoms with Gasteiger partial charge in [0.25, 0.3) is 5.91 Å². The maximum Gasteiger partial charge on any atom is 0.267 e. The summed E-state index contributed by atoms with van der Waals surface area (Å²) in [5.74, 6) is 1.00. The number of nitrogens with one attached hydrogen (secondary N) is 2. The van der Waals surface area contributed by atoms with Crippen molar-refractivity contribution >= 4 is 42.6 Å². The van der Waals surface area contributed by atoms with E-state index in [4.69, 9.17) is 9.94 Å². The third-order valence-corrected chi connectivity index (χ3v) is 4.40. The van der Waals surface area contributed by atoms with E-state index in [1.54, 1.807) is 19.5 Å². The van der Waals surface area contributed by atoms with Crippen molar-refractivity contribution in [3.05, 3.63) is 54.0 Å². The first-order chi connectivity index (χ1) is 13.2. The number of amides is 1. The van der Waals surface area contributed by atoms with Gasteiger partial charge in [-0.15, -0.1) is 24.8 Å². The Hall–Kier alpha value is -2.39. The van der Waals surface area contributed by atoms with Crippen molar-refractivity contribution in [1.82, 2.24) is 20.3 Å². The fourth-order valence-electron chi connectivity index (χ4n) is 3.07. The lowest BCUT2D eigenvalue weighted by Crippen LogP contribution is -2.26. The van der Waals surface area contributed by atoms with E-state index in [1.165, 1.54) is 23.2 Å². The lowest BCUT2D eigenvalue weighted by Gasteiger charge is -2.18. The van der Waals surface area contributed by atoms with E-state index in [0.29, 0.717) is 17.6 Å². The van der Waals surface area contributed by atoms with Gasteiger partial charge in [-0.05, 0) is 18.6 Å². The van der Waals surface area contributed by atoms with E-state index < -0.39 is 5.91 Å². The lowest BCUT2D eigenvalue weighted by atomic mass is 10.2. The van der Waals surface area contributed by atoms with Crippen molar-refractivity contribution in [2.45, 2.75) is 19.0 Å². The first-order valence-corrected chi connectivity index (χ1v) is 8.73. The first-order valence-electron chi connectivity index (χ1n) is 8.73. The zero-order valence-corrected chi connectivity index (χ0v) is 17.6. The highest BCUT2D eigenvalue weighted by molar-refractivity contribution is 5.90. The summed E-state index contributed by atoms with van der Waals surface area (Å²) in [6.07, 6.45) is 6.90. The molecule has 1 aromatic carbocycles. The van der Waals surface area contributed by atoms with Crippen LogP contribution in [0.4, 0.5) is 5.82 Å². The molecule has 29 heavy (non-hydrogen) atoms. The number of halogens is 2. The van der Waals surface area contributed by atoms with Gasteiger partial charge in [-0.2, -0.15) is 0 Å². The van der Waals surface area contributed by atoms with Crippen LogP contribution in [-0.2, 0) is 11.3 Å². The Morgan fingerprint density at radius 1 is 1.31 bits per heavy atom. The second-order valence-electron chi connectivity index (χ2n) is 6.31. The van der Waals surface area contributed by atoms with Gasteiger partial charge in [-0.1, -0.05) is 18.2 Å². The molecule has 1 aliphatic heterocycles.